The van der Waals surface area contributed by atoms with Crippen LogP contribution in [0.15, 0.2) is 36.7 Å². The molecule has 0 fully saturated rings. The lowest BCUT2D eigenvalue weighted by Gasteiger charge is -2.06. The predicted octanol–water partition coefficient (Wildman–Crippen LogP) is 2.11. The van der Waals surface area contributed by atoms with Gasteiger partial charge in [0.15, 0.2) is 17.0 Å². The molecule has 0 bridgehead atoms. The van der Waals surface area contributed by atoms with Crippen molar-refractivity contribution < 1.29 is 4.39 Å². The maximum absolute atomic E-state index is 13.4. The number of fused-ring (bicyclic) bond motifs is 1. The fraction of sp³-hybridized carbons (Fsp3) is 0.154. The molecule has 0 aliphatic rings. The average molecular weight is 256 g/mol. The number of halogens is 1. The topological polar surface area (TPSA) is 55.6 Å². The van der Waals surface area contributed by atoms with Gasteiger partial charge in [0, 0.05) is 13.6 Å². The summed E-state index contributed by atoms with van der Waals surface area (Å²) in [6.45, 7) is 0.558. The highest BCUT2D eigenvalue weighted by Crippen LogP contribution is 2.18. The zero-order valence-electron chi connectivity index (χ0n) is 10.3. The van der Waals surface area contributed by atoms with E-state index in [0.29, 0.717) is 23.5 Å². The van der Waals surface area contributed by atoms with Crippen molar-refractivity contribution in [3.05, 3.63) is 48.3 Å². The van der Waals surface area contributed by atoms with Crippen LogP contribution in [0.1, 0.15) is 5.56 Å². The summed E-state index contributed by atoms with van der Waals surface area (Å²) in [4.78, 5) is 11.7. The minimum atomic E-state index is -0.758. The summed E-state index contributed by atoms with van der Waals surface area (Å²) in [5.74, 6) is 0.409. The number of aromatic nitrogens is 4. The first-order chi connectivity index (χ1) is 9.24. The lowest BCUT2D eigenvalue weighted by molar-refractivity contribution is 0.543. The molecular weight excluding hydrogens is 244 g/mol. The highest BCUT2D eigenvalue weighted by Gasteiger charge is 2.11. The van der Waals surface area contributed by atoms with Gasteiger partial charge in [-0.05, 0) is 5.56 Å². The van der Waals surface area contributed by atoms with E-state index in [1.54, 1.807) is 17.9 Å². The van der Waals surface area contributed by atoms with E-state index in [2.05, 4.69) is 20.3 Å². The van der Waals surface area contributed by atoms with E-state index < -0.39 is 6.08 Å². The van der Waals surface area contributed by atoms with Crippen molar-refractivity contribution in [1.29, 1.82) is 0 Å². The second-order valence-corrected chi connectivity index (χ2v) is 4.21. The molecule has 96 valence electrons. The van der Waals surface area contributed by atoms with Gasteiger partial charge in [-0.2, -0.15) is 14.4 Å². The van der Waals surface area contributed by atoms with Gasteiger partial charge in [-0.25, -0.2) is 4.98 Å². The molecular formula is C13H12FN5. The Labute approximate surface area is 109 Å². The van der Waals surface area contributed by atoms with E-state index in [1.165, 1.54) is 0 Å². The highest BCUT2D eigenvalue weighted by atomic mass is 19.1. The zero-order chi connectivity index (χ0) is 13.2. The molecule has 0 unspecified atom stereocenters. The van der Waals surface area contributed by atoms with Crippen LogP contribution in [0.3, 0.4) is 0 Å². The zero-order valence-corrected chi connectivity index (χ0v) is 10.3. The van der Waals surface area contributed by atoms with Crippen LogP contribution in [0.2, 0.25) is 0 Å². The molecule has 1 N–H and O–H groups in total. The largest absolute Gasteiger partial charge is 0.364 e. The Morgan fingerprint density at radius 1 is 1.21 bits per heavy atom. The van der Waals surface area contributed by atoms with E-state index in [0.717, 1.165) is 5.56 Å². The number of aryl methyl sites for hydroxylation is 1. The van der Waals surface area contributed by atoms with Gasteiger partial charge in [0.1, 0.15) is 0 Å². The summed E-state index contributed by atoms with van der Waals surface area (Å²) in [5.41, 5.74) is 2.13. The van der Waals surface area contributed by atoms with Crippen molar-refractivity contribution in [2.24, 2.45) is 7.05 Å². The van der Waals surface area contributed by atoms with Crippen LogP contribution in [0, 0.1) is 6.08 Å². The van der Waals surface area contributed by atoms with Gasteiger partial charge in [-0.1, -0.05) is 30.3 Å². The number of rotatable bonds is 3. The van der Waals surface area contributed by atoms with E-state index in [1.807, 2.05) is 30.3 Å². The Hall–Kier alpha value is -2.50. The number of hydrogen-bond donors (Lipinski definition) is 1. The summed E-state index contributed by atoms with van der Waals surface area (Å²) in [6, 6.07) is 9.83. The molecule has 5 nitrogen and oxygen atoms in total. The highest BCUT2D eigenvalue weighted by molar-refractivity contribution is 5.82. The molecule has 0 saturated heterocycles. The van der Waals surface area contributed by atoms with Crippen LogP contribution in [-0.2, 0) is 13.6 Å². The van der Waals surface area contributed by atoms with E-state index >= 15 is 0 Å². The van der Waals surface area contributed by atoms with Gasteiger partial charge in [-0.3, -0.25) is 0 Å². The average Bonchev–Trinajstić information content (AvgIpc) is 2.79. The normalized spacial score (nSPS) is 10.8. The van der Waals surface area contributed by atoms with Crippen molar-refractivity contribution in [3.63, 3.8) is 0 Å². The number of nitrogens with one attached hydrogen (secondary N) is 1. The minimum Gasteiger partial charge on any atom is -0.364 e. The molecule has 2 aromatic heterocycles. The molecule has 0 spiro atoms. The van der Waals surface area contributed by atoms with E-state index in [4.69, 9.17) is 0 Å². The molecule has 0 amide bonds. The van der Waals surface area contributed by atoms with E-state index in [-0.39, 0.29) is 0 Å². The summed E-state index contributed by atoms with van der Waals surface area (Å²) >= 11 is 0. The van der Waals surface area contributed by atoms with Gasteiger partial charge < -0.3 is 9.88 Å². The summed E-state index contributed by atoms with van der Waals surface area (Å²) in [6.07, 6.45) is 0.832. The standard InChI is InChI=1S/C13H12FN5/c1-19-8-16-10-11(17-13(14)18-12(10)19)15-7-9-5-3-2-4-6-9/h2-6,8H,7H2,1H3,(H,15,17,18)/i1-1. The van der Waals surface area contributed by atoms with Crippen molar-refractivity contribution in [2.45, 2.75) is 6.54 Å². The Morgan fingerprint density at radius 3 is 2.79 bits per heavy atom. The fourth-order valence-corrected chi connectivity index (χ4v) is 1.89. The van der Waals surface area contributed by atoms with Crippen LogP contribution >= 0.6 is 0 Å². The summed E-state index contributed by atoms with van der Waals surface area (Å²) < 4.78 is 15.0. The number of benzene rings is 1. The Bertz CT molecular complexity index is 708. The molecule has 3 rings (SSSR count). The summed E-state index contributed by atoms with van der Waals surface area (Å²) in [7, 11) is 1.77. The number of imidazole rings is 1. The van der Waals surface area contributed by atoms with Crippen LogP contribution in [0.4, 0.5) is 10.2 Å². The minimum absolute atomic E-state index is 0.409. The third kappa shape index (κ3) is 2.24. The van der Waals surface area contributed by atoms with Crippen LogP contribution in [0.25, 0.3) is 11.2 Å². The molecule has 0 radical (unpaired) electrons. The molecule has 0 aliphatic carbocycles. The molecule has 3 aromatic rings. The molecule has 1 aromatic carbocycles. The molecule has 6 heteroatoms. The Kier molecular flexibility index (Phi) is 2.83. The predicted molar refractivity (Wildman–Crippen MR) is 70.0 cm³/mol. The SMILES string of the molecule is [11CH3]n1cnc2c(NCc3ccccc3)nc(F)nc21. The Balaban J connectivity index is 1.92. The fourth-order valence-electron chi connectivity index (χ4n) is 1.89. The molecule has 19 heavy (non-hydrogen) atoms. The van der Waals surface area contributed by atoms with E-state index in [9.17, 15) is 4.39 Å². The van der Waals surface area contributed by atoms with Crippen LogP contribution in [0.5, 0.6) is 0 Å². The number of hydrogen-bond acceptors (Lipinski definition) is 4. The first-order valence-electron chi connectivity index (χ1n) is 5.86. The molecule has 2 heterocycles. The third-order valence-corrected chi connectivity index (χ3v) is 2.84. The van der Waals surface area contributed by atoms with Crippen molar-refractivity contribution in [1.82, 2.24) is 19.5 Å². The number of nitrogens with zero attached hydrogens (tertiary/aromatic N) is 4. The first kappa shape index (κ1) is 11.6. The number of anilines is 1. The maximum atomic E-state index is 13.4. The smallest absolute Gasteiger partial charge is 0.312 e. The third-order valence-electron chi connectivity index (χ3n) is 2.84. The summed E-state index contributed by atoms with van der Waals surface area (Å²) in [5, 5.41) is 3.09. The van der Waals surface area contributed by atoms with Gasteiger partial charge in [0.25, 0.3) is 0 Å². The lowest BCUT2D eigenvalue weighted by Crippen LogP contribution is -2.05. The molecule has 0 saturated carbocycles. The molecule has 0 atom stereocenters. The van der Waals surface area contributed by atoms with Crippen LogP contribution < -0.4 is 5.32 Å². The van der Waals surface area contributed by atoms with Gasteiger partial charge in [0.2, 0.25) is 0 Å². The first-order valence-corrected chi connectivity index (χ1v) is 5.86. The lowest BCUT2D eigenvalue weighted by atomic mass is 10.2. The van der Waals surface area contributed by atoms with Crippen LogP contribution in [-0.4, -0.2) is 19.5 Å². The van der Waals surface area contributed by atoms with Crippen molar-refractivity contribution >= 4 is 17.0 Å². The van der Waals surface area contributed by atoms with Crippen molar-refractivity contribution in [2.75, 3.05) is 5.32 Å². The van der Waals surface area contributed by atoms with Gasteiger partial charge >= 0.3 is 6.08 Å². The van der Waals surface area contributed by atoms with Crippen molar-refractivity contribution in [3.8, 4) is 0 Å². The Morgan fingerprint density at radius 2 is 2.00 bits per heavy atom. The molecule has 0 aliphatic heterocycles. The quantitative estimate of drug-likeness (QED) is 0.729. The maximum Gasteiger partial charge on any atom is 0.312 e. The second-order valence-electron chi connectivity index (χ2n) is 4.21. The van der Waals surface area contributed by atoms with Gasteiger partial charge in [-0.15, -0.1) is 0 Å². The monoisotopic (exact) mass is 256 g/mol. The van der Waals surface area contributed by atoms with Gasteiger partial charge in [0.05, 0.1) is 6.33 Å². The second kappa shape index (κ2) is 4.64.